The van der Waals surface area contributed by atoms with E-state index >= 15 is 0 Å². The molecule has 5 heteroatoms. The highest BCUT2D eigenvalue weighted by Crippen LogP contribution is 2.25. The van der Waals surface area contributed by atoms with Crippen molar-refractivity contribution < 1.29 is 9.13 Å². The van der Waals surface area contributed by atoms with E-state index in [1.807, 2.05) is 12.3 Å². The van der Waals surface area contributed by atoms with Crippen LogP contribution in [0.2, 0.25) is 0 Å². The van der Waals surface area contributed by atoms with E-state index in [1.165, 1.54) is 17.4 Å². The predicted molar refractivity (Wildman–Crippen MR) is 67.1 cm³/mol. The Hall–Kier alpha value is -1.62. The number of benzene rings is 1. The van der Waals surface area contributed by atoms with Gasteiger partial charge < -0.3 is 10.1 Å². The first-order valence-electron chi connectivity index (χ1n) is 5.19. The lowest BCUT2D eigenvalue weighted by Crippen LogP contribution is -2.08. The molecule has 1 aromatic heterocycles. The third-order valence-electron chi connectivity index (χ3n) is 2.44. The second-order valence-electron chi connectivity index (χ2n) is 3.63. The highest BCUT2D eigenvalue weighted by Gasteiger charge is 2.10. The molecule has 0 aliphatic heterocycles. The first kappa shape index (κ1) is 11.9. The summed E-state index contributed by atoms with van der Waals surface area (Å²) in [4.78, 5) is 4.19. The Morgan fingerprint density at radius 3 is 2.94 bits per heavy atom. The van der Waals surface area contributed by atoms with E-state index in [0.29, 0.717) is 11.4 Å². The molecule has 0 saturated carbocycles. The molecular weight excluding hydrogens is 239 g/mol. The maximum absolute atomic E-state index is 13.6. The van der Waals surface area contributed by atoms with Gasteiger partial charge in [0.25, 0.3) is 0 Å². The second kappa shape index (κ2) is 5.14. The first-order valence-corrected chi connectivity index (χ1v) is 6.13. The summed E-state index contributed by atoms with van der Waals surface area (Å²) < 4.78 is 18.6. The fourth-order valence-electron chi connectivity index (χ4n) is 1.48. The van der Waals surface area contributed by atoms with Crippen molar-refractivity contribution in [3.05, 3.63) is 40.6 Å². The minimum Gasteiger partial charge on any atom is -0.497 e. The minimum absolute atomic E-state index is 0.0390. The van der Waals surface area contributed by atoms with E-state index in [9.17, 15) is 4.39 Å². The van der Waals surface area contributed by atoms with Crippen molar-refractivity contribution in [2.45, 2.75) is 13.0 Å². The topological polar surface area (TPSA) is 34.1 Å². The van der Waals surface area contributed by atoms with Gasteiger partial charge in [0, 0.05) is 11.4 Å². The number of hydrogen-bond donors (Lipinski definition) is 1. The summed E-state index contributed by atoms with van der Waals surface area (Å²) in [6.45, 7) is 1.94. The molecule has 2 aromatic rings. The van der Waals surface area contributed by atoms with Gasteiger partial charge in [-0.2, -0.15) is 0 Å². The Morgan fingerprint density at radius 1 is 1.47 bits per heavy atom. The van der Waals surface area contributed by atoms with Gasteiger partial charge in [0.2, 0.25) is 0 Å². The summed E-state index contributed by atoms with van der Waals surface area (Å²) in [5.74, 6) is 0.326. The molecule has 0 amide bonds. The number of nitrogens with one attached hydrogen (secondary N) is 1. The van der Waals surface area contributed by atoms with Gasteiger partial charge in [-0.15, -0.1) is 11.3 Å². The number of aromatic nitrogens is 1. The van der Waals surface area contributed by atoms with E-state index in [2.05, 4.69) is 10.3 Å². The van der Waals surface area contributed by atoms with E-state index in [-0.39, 0.29) is 11.9 Å². The van der Waals surface area contributed by atoms with Gasteiger partial charge in [-0.25, -0.2) is 9.37 Å². The molecule has 0 aliphatic carbocycles. The average Bonchev–Trinajstić information content (AvgIpc) is 2.85. The normalized spacial score (nSPS) is 12.2. The molecule has 2 rings (SSSR count). The van der Waals surface area contributed by atoms with Gasteiger partial charge in [-0.1, -0.05) is 0 Å². The lowest BCUT2D eigenvalue weighted by atomic mass is 10.2. The van der Waals surface area contributed by atoms with Gasteiger partial charge in [-0.05, 0) is 19.1 Å². The highest BCUT2D eigenvalue weighted by molar-refractivity contribution is 7.07. The van der Waals surface area contributed by atoms with Crippen LogP contribution in [-0.2, 0) is 0 Å². The SMILES string of the molecule is COc1ccc(F)c(NC(C)c2cscn2)c1. The van der Waals surface area contributed by atoms with Crippen molar-refractivity contribution in [2.75, 3.05) is 12.4 Å². The average molecular weight is 252 g/mol. The number of anilines is 1. The second-order valence-corrected chi connectivity index (χ2v) is 4.34. The standard InChI is InChI=1S/C12H13FN2OS/c1-8(12-6-17-7-14-12)15-11-5-9(16-2)3-4-10(11)13/h3-8,15H,1-2H3. The summed E-state index contributed by atoms with van der Waals surface area (Å²) in [7, 11) is 1.56. The molecule has 1 N–H and O–H groups in total. The minimum atomic E-state index is -0.298. The molecule has 3 nitrogen and oxygen atoms in total. The number of methoxy groups -OCH3 is 1. The van der Waals surface area contributed by atoms with Crippen molar-refractivity contribution in [2.24, 2.45) is 0 Å². The maximum Gasteiger partial charge on any atom is 0.146 e. The Morgan fingerprint density at radius 2 is 2.29 bits per heavy atom. The van der Waals surface area contributed by atoms with Crippen molar-refractivity contribution in [3.8, 4) is 5.75 Å². The molecule has 90 valence electrons. The molecule has 0 bridgehead atoms. The third kappa shape index (κ3) is 2.74. The Labute approximate surface area is 103 Å². The summed E-state index contributed by atoms with van der Waals surface area (Å²) in [6, 6.07) is 4.57. The van der Waals surface area contributed by atoms with E-state index in [0.717, 1.165) is 5.69 Å². The smallest absolute Gasteiger partial charge is 0.146 e. The van der Waals surface area contributed by atoms with Crippen molar-refractivity contribution in [1.29, 1.82) is 0 Å². The summed E-state index contributed by atoms with van der Waals surface area (Å²) in [5.41, 5.74) is 3.08. The van der Waals surface area contributed by atoms with E-state index in [1.54, 1.807) is 24.8 Å². The molecule has 1 aromatic carbocycles. The Balaban J connectivity index is 2.18. The molecule has 1 heterocycles. The fourth-order valence-corrected chi connectivity index (χ4v) is 2.13. The summed E-state index contributed by atoms with van der Waals surface area (Å²) in [6.07, 6.45) is 0. The molecular formula is C12H13FN2OS. The lowest BCUT2D eigenvalue weighted by Gasteiger charge is -2.14. The van der Waals surface area contributed by atoms with Gasteiger partial charge in [0.1, 0.15) is 11.6 Å². The van der Waals surface area contributed by atoms with Crippen LogP contribution < -0.4 is 10.1 Å². The third-order valence-corrected chi connectivity index (χ3v) is 3.05. The van der Waals surface area contributed by atoms with Crippen LogP contribution in [0, 0.1) is 5.82 Å². The fraction of sp³-hybridized carbons (Fsp3) is 0.250. The summed E-state index contributed by atoms with van der Waals surface area (Å²) >= 11 is 1.52. The van der Waals surface area contributed by atoms with Crippen molar-refractivity contribution in [1.82, 2.24) is 4.98 Å². The van der Waals surface area contributed by atoms with E-state index in [4.69, 9.17) is 4.74 Å². The van der Waals surface area contributed by atoms with Crippen LogP contribution >= 0.6 is 11.3 Å². The number of nitrogens with zero attached hydrogens (tertiary/aromatic N) is 1. The first-order chi connectivity index (χ1) is 8.20. The zero-order valence-corrected chi connectivity index (χ0v) is 10.4. The molecule has 1 unspecified atom stereocenters. The van der Waals surface area contributed by atoms with Gasteiger partial charge in [-0.3, -0.25) is 0 Å². The van der Waals surface area contributed by atoms with Crippen LogP contribution in [0.5, 0.6) is 5.75 Å². The van der Waals surface area contributed by atoms with Crippen LogP contribution in [-0.4, -0.2) is 12.1 Å². The highest BCUT2D eigenvalue weighted by atomic mass is 32.1. The summed E-state index contributed by atoms with van der Waals surface area (Å²) in [5, 5.41) is 5.02. The maximum atomic E-state index is 13.6. The van der Waals surface area contributed by atoms with Gasteiger partial charge >= 0.3 is 0 Å². The number of ether oxygens (including phenoxy) is 1. The van der Waals surface area contributed by atoms with E-state index < -0.39 is 0 Å². The van der Waals surface area contributed by atoms with Crippen molar-refractivity contribution in [3.63, 3.8) is 0 Å². The Bertz CT molecular complexity index is 487. The number of halogens is 1. The molecule has 0 fully saturated rings. The van der Waals surface area contributed by atoms with Crippen LogP contribution in [0.3, 0.4) is 0 Å². The molecule has 17 heavy (non-hydrogen) atoms. The Kier molecular flexibility index (Phi) is 3.58. The van der Waals surface area contributed by atoms with Gasteiger partial charge in [0.15, 0.2) is 0 Å². The number of hydrogen-bond acceptors (Lipinski definition) is 4. The lowest BCUT2D eigenvalue weighted by molar-refractivity contribution is 0.414. The number of thiazole rings is 1. The van der Waals surface area contributed by atoms with Crippen LogP contribution in [0.1, 0.15) is 18.7 Å². The largest absolute Gasteiger partial charge is 0.497 e. The molecule has 0 radical (unpaired) electrons. The zero-order valence-electron chi connectivity index (χ0n) is 9.61. The molecule has 0 saturated heterocycles. The molecule has 0 aliphatic rings. The molecule has 1 atom stereocenters. The predicted octanol–water partition coefficient (Wildman–Crippen LogP) is 3.46. The monoisotopic (exact) mass is 252 g/mol. The zero-order chi connectivity index (χ0) is 12.3. The van der Waals surface area contributed by atoms with Crippen molar-refractivity contribution >= 4 is 17.0 Å². The quantitative estimate of drug-likeness (QED) is 0.904. The number of rotatable bonds is 4. The van der Waals surface area contributed by atoms with Crippen LogP contribution in [0.15, 0.2) is 29.1 Å². The van der Waals surface area contributed by atoms with Crippen LogP contribution in [0.25, 0.3) is 0 Å². The van der Waals surface area contributed by atoms with Crippen LogP contribution in [0.4, 0.5) is 10.1 Å². The van der Waals surface area contributed by atoms with Gasteiger partial charge in [0.05, 0.1) is 30.0 Å². The molecule has 0 spiro atoms.